The van der Waals surface area contributed by atoms with Crippen LogP contribution in [0.4, 0.5) is 11.4 Å². The zero-order chi connectivity index (χ0) is 6.97. The van der Waals surface area contributed by atoms with Crippen molar-refractivity contribution < 1.29 is 0 Å². The van der Waals surface area contributed by atoms with E-state index < -0.39 is 0 Å². The van der Waals surface area contributed by atoms with Crippen molar-refractivity contribution in [2.75, 3.05) is 16.1 Å². The van der Waals surface area contributed by atoms with Gasteiger partial charge in [0.05, 0.1) is 23.5 Å². The summed E-state index contributed by atoms with van der Waals surface area (Å²) in [4.78, 5) is 0. The minimum Gasteiger partial charge on any atom is -0.310 e. The van der Waals surface area contributed by atoms with Crippen LogP contribution < -0.4 is 9.03 Å². The molecule has 2 nitrogen and oxygen atoms in total. The zero-order valence-corrected chi connectivity index (χ0v) is 6.48. The quantitative estimate of drug-likeness (QED) is 0.600. The monoisotopic (exact) mass is 168 g/mol. The van der Waals surface area contributed by atoms with Crippen LogP contribution in [0.25, 0.3) is 0 Å². The number of rotatable bonds is 0. The van der Waals surface area contributed by atoms with Gasteiger partial charge in [-0.15, -0.1) is 0 Å². The van der Waals surface area contributed by atoms with Gasteiger partial charge in [0.15, 0.2) is 0 Å². The second kappa shape index (κ2) is 3.05. The van der Waals surface area contributed by atoms with Crippen molar-refractivity contribution in [1.29, 1.82) is 0 Å². The topological polar surface area (TPSA) is 15.3 Å². The van der Waals surface area contributed by atoms with Gasteiger partial charge in [0.2, 0.25) is 0 Å². The molecule has 0 aromatic heterocycles. The van der Waals surface area contributed by atoms with Gasteiger partial charge in [-0.3, -0.25) is 4.31 Å². The van der Waals surface area contributed by atoms with Gasteiger partial charge in [-0.25, -0.2) is 0 Å². The van der Waals surface area contributed by atoms with E-state index in [9.17, 15) is 0 Å². The van der Waals surface area contributed by atoms with Crippen LogP contribution in [-0.2, 0) is 0 Å². The number of hydrogen-bond acceptors (Lipinski definition) is 3. The van der Waals surface area contributed by atoms with E-state index in [4.69, 9.17) is 0 Å². The first-order valence-corrected chi connectivity index (χ1v) is 3.91. The Morgan fingerprint density at radius 3 is 2.82 bits per heavy atom. The molecule has 0 aliphatic carbocycles. The molecule has 1 heterocycles. The number of anilines is 2. The maximum absolute atomic E-state index is 3.19. The number of nitrogens with zero attached hydrogens (tertiary/aromatic N) is 1. The first-order chi connectivity index (χ1) is 4.88. The predicted octanol–water partition coefficient (Wildman–Crippen LogP) is 2.75. The number of para-hydroxylation sites is 2. The second-order valence-corrected chi connectivity index (χ2v) is 3.14. The lowest BCUT2D eigenvalue weighted by Crippen LogP contribution is -2.00. The molecule has 0 amide bonds. The highest BCUT2D eigenvalue weighted by atomic mass is 32.2. The summed E-state index contributed by atoms with van der Waals surface area (Å²) < 4.78 is 5.30. The Balaban J connectivity index is 0.000000605. The van der Waals surface area contributed by atoms with Crippen LogP contribution in [0.3, 0.4) is 0 Å². The van der Waals surface area contributed by atoms with Gasteiger partial charge < -0.3 is 4.72 Å². The summed E-state index contributed by atoms with van der Waals surface area (Å²) in [7, 11) is 2.05. The number of fused-ring (bicyclic) bond motifs is 1. The molecule has 0 atom stereocenters. The van der Waals surface area contributed by atoms with Crippen molar-refractivity contribution in [1.82, 2.24) is 0 Å². The SMILES string of the molecule is C.CN1SNc2ccccc21. The average Bonchev–Trinajstić information content (AvgIpc) is 2.34. The molecule has 1 N–H and O–H groups in total. The molecule has 11 heavy (non-hydrogen) atoms. The molecule has 1 aromatic carbocycles. The molecule has 60 valence electrons. The van der Waals surface area contributed by atoms with Gasteiger partial charge in [-0.1, -0.05) is 19.6 Å². The Morgan fingerprint density at radius 2 is 2.09 bits per heavy atom. The third-order valence-corrected chi connectivity index (χ3v) is 2.32. The Bertz CT molecular complexity index is 250. The number of nitrogens with one attached hydrogen (secondary N) is 1. The molecule has 0 bridgehead atoms. The summed E-state index contributed by atoms with van der Waals surface area (Å²) in [6.45, 7) is 0. The molecule has 1 aliphatic heterocycles. The minimum atomic E-state index is 0. The minimum absolute atomic E-state index is 0. The molecule has 3 heteroatoms. The highest BCUT2D eigenvalue weighted by Gasteiger charge is 2.13. The van der Waals surface area contributed by atoms with Crippen LogP contribution in [0, 0.1) is 0 Å². The predicted molar refractivity (Wildman–Crippen MR) is 52.8 cm³/mol. The van der Waals surface area contributed by atoms with E-state index in [1.54, 1.807) is 12.1 Å². The lowest BCUT2D eigenvalue weighted by atomic mass is 10.3. The molecule has 0 saturated heterocycles. The normalized spacial score (nSPS) is 13.4. The van der Waals surface area contributed by atoms with E-state index in [1.807, 2.05) is 19.2 Å². The van der Waals surface area contributed by atoms with Gasteiger partial charge in [0.1, 0.15) is 0 Å². The number of benzene rings is 1. The van der Waals surface area contributed by atoms with Gasteiger partial charge in [0, 0.05) is 7.05 Å². The molecule has 1 aromatic rings. The Hall–Kier alpha value is -0.830. The molecular formula is C8H12N2S. The third kappa shape index (κ3) is 1.28. The van der Waals surface area contributed by atoms with Gasteiger partial charge in [-0.05, 0) is 12.1 Å². The van der Waals surface area contributed by atoms with E-state index in [1.165, 1.54) is 11.4 Å². The smallest absolute Gasteiger partial charge is 0.0723 e. The maximum Gasteiger partial charge on any atom is 0.0723 e. The van der Waals surface area contributed by atoms with Gasteiger partial charge in [-0.2, -0.15) is 0 Å². The zero-order valence-electron chi connectivity index (χ0n) is 5.66. The number of hydrogen-bond donors (Lipinski definition) is 1. The third-order valence-electron chi connectivity index (χ3n) is 1.54. The van der Waals surface area contributed by atoms with Crippen LogP contribution in [0.15, 0.2) is 24.3 Å². The van der Waals surface area contributed by atoms with Gasteiger partial charge in [0.25, 0.3) is 0 Å². The fourth-order valence-corrected chi connectivity index (χ4v) is 1.67. The van der Waals surface area contributed by atoms with Crippen molar-refractivity contribution in [3.05, 3.63) is 24.3 Å². The summed E-state index contributed by atoms with van der Waals surface area (Å²) in [5.41, 5.74) is 2.46. The van der Waals surface area contributed by atoms with Crippen LogP contribution in [0.2, 0.25) is 0 Å². The molecule has 0 saturated carbocycles. The maximum atomic E-state index is 3.19. The molecule has 0 spiro atoms. The highest BCUT2D eigenvalue weighted by molar-refractivity contribution is 8.02. The summed E-state index contributed by atoms with van der Waals surface area (Å²) in [5, 5.41) is 0. The lowest BCUT2D eigenvalue weighted by molar-refractivity contribution is 1.39. The van der Waals surface area contributed by atoms with E-state index in [0.29, 0.717) is 0 Å². The summed E-state index contributed by atoms with van der Waals surface area (Å²) in [6.07, 6.45) is 0. The van der Waals surface area contributed by atoms with E-state index >= 15 is 0 Å². The molecule has 1 aliphatic rings. The van der Waals surface area contributed by atoms with Crippen molar-refractivity contribution >= 4 is 23.5 Å². The Morgan fingerprint density at radius 1 is 1.36 bits per heavy atom. The summed E-state index contributed by atoms with van der Waals surface area (Å²) in [5.74, 6) is 0. The molecule has 0 radical (unpaired) electrons. The molecule has 2 rings (SSSR count). The van der Waals surface area contributed by atoms with Crippen molar-refractivity contribution in [3.63, 3.8) is 0 Å². The largest absolute Gasteiger partial charge is 0.310 e. The first-order valence-electron chi connectivity index (χ1n) is 3.13. The molecular weight excluding hydrogens is 156 g/mol. The van der Waals surface area contributed by atoms with Gasteiger partial charge >= 0.3 is 0 Å². The van der Waals surface area contributed by atoms with Crippen molar-refractivity contribution in [2.24, 2.45) is 0 Å². The van der Waals surface area contributed by atoms with Crippen molar-refractivity contribution in [2.45, 2.75) is 7.43 Å². The average molecular weight is 168 g/mol. The van der Waals surface area contributed by atoms with E-state index in [0.717, 1.165) is 0 Å². The van der Waals surface area contributed by atoms with E-state index in [2.05, 4.69) is 21.2 Å². The fraction of sp³-hybridized carbons (Fsp3) is 0.250. The Labute approximate surface area is 71.9 Å². The molecule has 0 fully saturated rings. The summed E-state index contributed by atoms with van der Waals surface area (Å²) in [6, 6.07) is 8.25. The lowest BCUT2D eigenvalue weighted by Gasteiger charge is -2.05. The van der Waals surface area contributed by atoms with Crippen LogP contribution in [0.5, 0.6) is 0 Å². The van der Waals surface area contributed by atoms with Crippen molar-refractivity contribution in [3.8, 4) is 0 Å². The Kier molecular flexibility index (Phi) is 2.29. The van der Waals surface area contributed by atoms with Crippen LogP contribution >= 0.6 is 12.1 Å². The highest BCUT2D eigenvalue weighted by Crippen LogP contribution is 2.36. The standard InChI is InChI=1S/C7H8N2S.CH4/c1-9-7-5-3-2-4-6(7)8-10-9;/h2-5,8H,1H3;1H4. The summed E-state index contributed by atoms with van der Waals surface area (Å²) >= 11 is 1.61. The van der Waals surface area contributed by atoms with Crippen LogP contribution in [0.1, 0.15) is 7.43 Å². The first kappa shape index (κ1) is 8.27. The molecule has 0 unspecified atom stereocenters. The van der Waals surface area contributed by atoms with E-state index in [-0.39, 0.29) is 7.43 Å². The fourth-order valence-electron chi connectivity index (χ4n) is 1.00. The second-order valence-electron chi connectivity index (χ2n) is 2.21. The van der Waals surface area contributed by atoms with Crippen LogP contribution in [-0.4, -0.2) is 7.05 Å².